The number of piperazine rings is 1. The summed E-state index contributed by atoms with van der Waals surface area (Å²) in [5, 5.41) is 5.78. The molecule has 0 aromatic rings. The van der Waals surface area contributed by atoms with E-state index < -0.39 is 0 Å². The Balaban J connectivity index is 1.96. The molecule has 2 fully saturated rings. The van der Waals surface area contributed by atoms with E-state index in [4.69, 9.17) is 0 Å². The lowest BCUT2D eigenvalue weighted by atomic mass is 9.82. The zero-order valence-corrected chi connectivity index (χ0v) is 10.5. The number of nitrogens with one attached hydrogen (secondary N) is 2. The van der Waals surface area contributed by atoms with Gasteiger partial charge < -0.3 is 10.6 Å². The number of carbonyl (C=O) groups excluding carboxylic acids is 2. The van der Waals surface area contributed by atoms with Crippen molar-refractivity contribution in [2.45, 2.75) is 64.0 Å². The molecule has 1 aliphatic heterocycles. The first-order valence-corrected chi connectivity index (χ1v) is 6.83. The summed E-state index contributed by atoms with van der Waals surface area (Å²) in [7, 11) is 0. The van der Waals surface area contributed by atoms with Gasteiger partial charge in [-0.15, -0.1) is 0 Å². The molecule has 17 heavy (non-hydrogen) atoms. The maximum absolute atomic E-state index is 12.0. The van der Waals surface area contributed by atoms with Crippen LogP contribution in [0.4, 0.5) is 0 Å². The maximum atomic E-state index is 12.0. The van der Waals surface area contributed by atoms with Crippen molar-refractivity contribution in [3.8, 4) is 0 Å². The number of rotatable bonds is 3. The summed E-state index contributed by atoms with van der Waals surface area (Å²) in [6, 6.07) is -0.594. The molecule has 2 rings (SSSR count). The summed E-state index contributed by atoms with van der Waals surface area (Å²) in [4.78, 5) is 23.9. The number of hydrogen-bond acceptors (Lipinski definition) is 2. The normalized spacial score (nSPS) is 30.9. The second-order valence-electron chi connectivity index (χ2n) is 5.23. The van der Waals surface area contributed by atoms with Crippen molar-refractivity contribution >= 4 is 11.8 Å². The van der Waals surface area contributed by atoms with Crippen molar-refractivity contribution in [2.75, 3.05) is 0 Å². The summed E-state index contributed by atoms with van der Waals surface area (Å²) >= 11 is 0. The van der Waals surface area contributed by atoms with E-state index in [1.54, 1.807) is 0 Å². The monoisotopic (exact) mass is 238 g/mol. The van der Waals surface area contributed by atoms with Crippen molar-refractivity contribution in [2.24, 2.45) is 5.92 Å². The van der Waals surface area contributed by atoms with Crippen molar-refractivity contribution in [1.29, 1.82) is 0 Å². The summed E-state index contributed by atoms with van der Waals surface area (Å²) in [5.41, 5.74) is 0. The topological polar surface area (TPSA) is 58.2 Å². The average molecular weight is 238 g/mol. The average Bonchev–Trinajstić information content (AvgIpc) is 2.35. The molecule has 0 bridgehead atoms. The van der Waals surface area contributed by atoms with Gasteiger partial charge in [0.15, 0.2) is 0 Å². The van der Waals surface area contributed by atoms with E-state index in [0.29, 0.717) is 5.92 Å². The van der Waals surface area contributed by atoms with E-state index in [1.807, 2.05) is 6.92 Å². The highest BCUT2D eigenvalue weighted by molar-refractivity contribution is 5.97. The van der Waals surface area contributed by atoms with Crippen molar-refractivity contribution in [3.63, 3.8) is 0 Å². The molecule has 0 aromatic heterocycles. The van der Waals surface area contributed by atoms with Crippen LogP contribution in [0.5, 0.6) is 0 Å². The highest BCUT2D eigenvalue weighted by Crippen LogP contribution is 2.27. The Morgan fingerprint density at radius 2 is 1.76 bits per heavy atom. The van der Waals surface area contributed by atoms with Gasteiger partial charge in [-0.25, -0.2) is 0 Å². The van der Waals surface area contributed by atoms with Crippen LogP contribution < -0.4 is 10.6 Å². The van der Waals surface area contributed by atoms with Gasteiger partial charge >= 0.3 is 0 Å². The number of amides is 2. The fourth-order valence-electron chi connectivity index (χ4n) is 2.94. The molecule has 1 saturated heterocycles. The van der Waals surface area contributed by atoms with Gasteiger partial charge in [0.1, 0.15) is 12.1 Å². The van der Waals surface area contributed by atoms with E-state index >= 15 is 0 Å². The molecule has 2 unspecified atom stereocenters. The highest BCUT2D eigenvalue weighted by Gasteiger charge is 2.37. The van der Waals surface area contributed by atoms with Gasteiger partial charge in [0.05, 0.1) is 0 Å². The Bertz CT molecular complexity index is 298. The van der Waals surface area contributed by atoms with Gasteiger partial charge in [-0.1, -0.05) is 32.6 Å². The van der Waals surface area contributed by atoms with Crippen LogP contribution in [0.3, 0.4) is 0 Å². The summed E-state index contributed by atoms with van der Waals surface area (Å²) < 4.78 is 0. The number of hydrogen-bond donors (Lipinski definition) is 2. The van der Waals surface area contributed by atoms with Gasteiger partial charge in [0, 0.05) is 0 Å². The second kappa shape index (κ2) is 5.52. The van der Waals surface area contributed by atoms with Gasteiger partial charge in [-0.3, -0.25) is 9.59 Å². The lowest BCUT2D eigenvalue weighted by molar-refractivity contribution is -0.138. The molecule has 0 radical (unpaired) electrons. The SMILES string of the molecule is CCCC1NC(=O)C(C2CCCCC2)NC1=O. The van der Waals surface area contributed by atoms with Gasteiger partial charge in [-0.2, -0.15) is 0 Å². The van der Waals surface area contributed by atoms with Crippen LogP contribution in [-0.4, -0.2) is 23.9 Å². The summed E-state index contributed by atoms with van der Waals surface area (Å²) in [5.74, 6) is 0.368. The molecule has 1 heterocycles. The van der Waals surface area contributed by atoms with E-state index in [9.17, 15) is 9.59 Å². The Morgan fingerprint density at radius 1 is 1.06 bits per heavy atom. The zero-order chi connectivity index (χ0) is 12.3. The van der Waals surface area contributed by atoms with Gasteiger partial charge in [-0.05, 0) is 25.2 Å². The third kappa shape index (κ3) is 2.79. The Morgan fingerprint density at radius 3 is 2.41 bits per heavy atom. The minimum absolute atomic E-state index is 0.00187. The van der Waals surface area contributed by atoms with Crippen LogP contribution >= 0.6 is 0 Å². The molecule has 0 aromatic carbocycles. The van der Waals surface area contributed by atoms with E-state index in [1.165, 1.54) is 19.3 Å². The van der Waals surface area contributed by atoms with Crippen molar-refractivity contribution in [3.05, 3.63) is 0 Å². The third-order valence-corrected chi connectivity index (χ3v) is 3.91. The molecule has 4 nitrogen and oxygen atoms in total. The maximum Gasteiger partial charge on any atom is 0.243 e. The Labute approximate surface area is 103 Å². The first-order valence-electron chi connectivity index (χ1n) is 6.83. The van der Waals surface area contributed by atoms with Gasteiger partial charge in [0.2, 0.25) is 11.8 Å². The molecule has 2 amide bonds. The number of carbonyl (C=O) groups is 2. The summed E-state index contributed by atoms with van der Waals surface area (Å²) in [6.45, 7) is 2.02. The first-order chi connectivity index (χ1) is 8.22. The van der Waals surface area contributed by atoms with Crippen molar-refractivity contribution in [1.82, 2.24) is 10.6 Å². The molecule has 2 atom stereocenters. The Hall–Kier alpha value is -1.06. The van der Waals surface area contributed by atoms with Gasteiger partial charge in [0.25, 0.3) is 0 Å². The van der Waals surface area contributed by atoms with E-state index in [-0.39, 0.29) is 23.9 Å². The molecular weight excluding hydrogens is 216 g/mol. The lowest BCUT2D eigenvalue weighted by Gasteiger charge is -2.35. The fraction of sp³-hybridized carbons (Fsp3) is 0.846. The molecule has 2 aliphatic rings. The standard InChI is InChI=1S/C13H22N2O2/c1-2-6-10-12(16)15-11(13(17)14-10)9-7-4-3-5-8-9/h9-11H,2-8H2,1H3,(H,14,17)(H,15,16). The molecule has 0 spiro atoms. The largest absolute Gasteiger partial charge is 0.343 e. The quantitative estimate of drug-likeness (QED) is 0.779. The summed E-state index contributed by atoms with van der Waals surface area (Å²) in [6.07, 6.45) is 7.40. The minimum Gasteiger partial charge on any atom is -0.343 e. The van der Waals surface area contributed by atoms with Crippen LogP contribution in [0.15, 0.2) is 0 Å². The fourth-order valence-corrected chi connectivity index (χ4v) is 2.94. The lowest BCUT2D eigenvalue weighted by Crippen LogP contribution is -2.63. The van der Waals surface area contributed by atoms with Crippen LogP contribution in [0, 0.1) is 5.92 Å². The molecule has 1 saturated carbocycles. The molecule has 1 aliphatic carbocycles. The molecular formula is C13H22N2O2. The van der Waals surface area contributed by atoms with Crippen LogP contribution in [-0.2, 0) is 9.59 Å². The second-order valence-corrected chi connectivity index (χ2v) is 5.23. The molecule has 96 valence electrons. The van der Waals surface area contributed by atoms with Crippen LogP contribution in [0.1, 0.15) is 51.9 Å². The third-order valence-electron chi connectivity index (χ3n) is 3.91. The zero-order valence-electron chi connectivity index (χ0n) is 10.5. The van der Waals surface area contributed by atoms with Crippen LogP contribution in [0.25, 0.3) is 0 Å². The molecule has 2 N–H and O–H groups in total. The van der Waals surface area contributed by atoms with E-state index in [0.717, 1.165) is 25.7 Å². The van der Waals surface area contributed by atoms with E-state index in [2.05, 4.69) is 10.6 Å². The predicted octanol–water partition coefficient (Wildman–Crippen LogP) is 1.35. The smallest absolute Gasteiger partial charge is 0.243 e. The Kier molecular flexibility index (Phi) is 4.02. The minimum atomic E-state index is -0.313. The van der Waals surface area contributed by atoms with Crippen LogP contribution in [0.2, 0.25) is 0 Å². The first kappa shape index (κ1) is 12.4. The van der Waals surface area contributed by atoms with Crippen molar-refractivity contribution < 1.29 is 9.59 Å². The predicted molar refractivity (Wildman–Crippen MR) is 65.3 cm³/mol. The molecule has 4 heteroatoms. The highest BCUT2D eigenvalue weighted by atomic mass is 16.2.